The van der Waals surface area contributed by atoms with E-state index in [1.54, 1.807) is 6.07 Å². The second kappa shape index (κ2) is 4.29. The van der Waals surface area contributed by atoms with Gasteiger partial charge in [-0.25, -0.2) is 4.79 Å². The fourth-order valence-electron chi connectivity index (χ4n) is 4.83. The van der Waals surface area contributed by atoms with Gasteiger partial charge in [0.2, 0.25) is 6.79 Å². The zero-order valence-corrected chi connectivity index (χ0v) is 13.3. The van der Waals surface area contributed by atoms with Crippen molar-refractivity contribution in [3.63, 3.8) is 0 Å². The van der Waals surface area contributed by atoms with Crippen LogP contribution in [-0.4, -0.2) is 43.4 Å². The highest BCUT2D eigenvalue weighted by Gasteiger charge is 2.55. The third-order valence-electron chi connectivity index (χ3n) is 5.94. The van der Waals surface area contributed by atoms with Gasteiger partial charge in [0.1, 0.15) is 6.10 Å². The third kappa shape index (κ3) is 1.58. The number of ether oxygens (including phenoxy) is 3. The van der Waals surface area contributed by atoms with Crippen molar-refractivity contribution in [2.24, 2.45) is 0 Å². The average molecular weight is 313 g/mol. The van der Waals surface area contributed by atoms with Crippen molar-refractivity contribution in [3.8, 4) is 11.5 Å². The second-order valence-corrected chi connectivity index (χ2v) is 7.08. The molecule has 0 N–H and O–H groups in total. The number of hydrogen-bond donors (Lipinski definition) is 0. The molecule has 1 aromatic rings. The average Bonchev–Trinajstić information content (AvgIpc) is 3.14. The number of esters is 1. The number of likely N-dealkylation sites (N-methyl/N-ethyl adjacent to an activating group) is 1. The molecule has 0 amide bonds. The molecule has 0 saturated carbocycles. The Morgan fingerprint density at radius 3 is 2.87 bits per heavy atom. The molecule has 1 aromatic carbocycles. The van der Waals surface area contributed by atoms with Crippen molar-refractivity contribution in [2.75, 3.05) is 20.4 Å². The molecule has 23 heavy (non-hydrogen) atoms. The first-order chi connectivity index (χ1) is 11.1. The van der Waals surface area contributed by atoms with E-state index in [1.165, 1.54) is 5.57 Å². The number of rotatable bonds is 0. The van der Waals surface area contributed by atoms with E-state index in [1.807, 2.05) is 6.07 Å². The number of nitrogens with zero attached hydrogens (tertiary/aromatic N) is 1. The molecule has 4 aliphatic rings. The molecule has 0 aromatic heterocycles. The van der Waals surface area contributed by atoms with Crippen molar-refractivity contribution in [3.05, 3.63) is 34.9 Å². The Kier molecular flexibility index (Phi) is 2.51. The molecule has 5 heteroatoms. The van der Waals surface area contributed by atoms with E-state index in [9.17, 15) is 4.79 Å². The molecule has 5 rings (SSSR count). The van der Waals surface area contributed by atoms with Gasteiger partial charge in [-0.05, 0) is 31.2 Å². The quantitative estimate of drug-likeness (QED) is 0.543. The van der Waals surface area contributed by atoms with Crippen LogP contribution in [0, 0.1) is 0 Å². The highest BCUT2D eigenvalue weighted by molar-refractivity contribution is 5.94. The molecule has 1 aliphatic carbocycles. The summed E-state index contributed by atoms with van der Waals surface area (Å²) in [5.41, 5.74) is 2.87. The molecule has 1 fully saturated rings. The Labute approximate surface area is 134 Å². The van der Waals surface area contributed by atoms with E-state index in [4.69, 9.17) is 14.2 Å². The van der Waals surface area contributed by atoms with Crippen LogP contribution in [0.3, 0.4) is 0 Å². The lowest BCUT2D eigenvalue weighted by Gasteiger charge is -2.50. The summed E-state index contributed by atoms with van der Waals surface area (Å²) < 4.78 is 16.8. The van der Waals surface area contributed by atoms with Crippen molar-refractivity contribution < 1.29 is 19.0 Å². The molecule has 0 radical (unpaired) electrons. The van der Waals surface area contributed by atoms with Gasteiger partial charge < -0.3 is 14.2 Å². The first kappa shape index (κ1) is 13.4. The SMILES string of the molecule is CN1CCC2=CCC3OC(=O)c4cc5c(cc4C3(C)C21)OCO5. The summed E-state index contributed by atoms with van der Waals surface area (Å²) in [6, 6.07) is 4.06. The van der Waals surface area contributed by atoms with Gasteiger partial charge in [0, 0.05) is 19.0 Å². The summed E-state index contributed by atoms with van der Waals surface area (Å²) in [5, 5.41) is 0. The van der Waals surface area contributed by atoms with Gasteiger partial charge in [-0.2, -0.15) is 0 Å². The number of benzene rings is 1. The van der Waals surface area contributed by atoms with Crippen LogP contribution in [-0.2, 0) is 10.2 Å². The minimum absolute atomic E-state index is 0.128. The Bertz CT molecular complexity index is 756. The lowest BCUT2D eigenvalue weighted by molar-refractivity contribution is -0.0164. The Morgan fingerprint density at radius 1 is 1.26 bits per heavy atom. The van der Waals surface area contributed by atoms with Gasteiger partial charge in [0.05, 0.1) is 11.0 Å². The van der Waals surface area contributed by atoms with Gasteiger partial charge in [-0.3, -0.25) is 4.90 Å². The van der Waals surface area contributed by atoms with Crippen molar-refractivity contribution in [1.82, 2.24) is 4.90 Å². The zero-order valence-electron chi connectivity index (χ0n) is 13.3. The zero-order chi connectivity index (χ0) is 15.8. The molecule has 3 heterocycles. The summed E-state index contributed by atoms with van der Waals surface area (Å²) in [6.45, 7) is 3.49. The van der Waals surface area contributed by atoms with Crippen LogP contribution in [0.15, 0.2) is 23.8 Å². The summed E-state index contributed by atoms with van der Waals surface area (Å²) in [7, 11) is 2.15. The van der Waals surface area contributed by atoms with Crippen LogP contribution in [0.1, 0.15) is 35.7 Å². The number of fused-ring (bicyclic) bond motifs is 6. The van der Waals surface area contributed by atoms with Gasteiger partial charge in [-0.15, -0.1) is 0 Å². The predicted molar refractivity (Wildman–Crippen MR) is 82.9 cm³/mol. The Hall–Kier alpha value is -2.01. The van der Waals surface area contributed by atoms with Gasteiger partial charge >= 0.3 is 5.97 Å². The largest absolute Gasteiger partial charge is 0.457 e. The third-order valence-corrected chi connectivity index (χ3v) is 5.94. The molecular formula is C18H19NO4. The normalized spacial score (nSPS) is 34.3. The molecule has 1 saturated heterocycles. The van der Waals surface area contributed by atoms with E-state index >= 15 is 0 Å². The van der Waals surface area contributed by atoms with Gasteiger partial charge in [-0.1, -0.05) is 18.6 Å². The smallest absolute Gasteiger partial charge is 0.338 e. The maximum atomic E-state index is 12.5. The van der Waals surface area contributed by atoms with Crippen LogP contribution in [0.4, 0.5) is 0 Å². The highest BCUT2D eigenvalue weighted by atomic mass is 16.7. The van der Waals surface area contributed by atoms with Crippen LogP contribution < -0.4 is 9.47 Å². The molecule has 3 atom stereocenters. The van der Waals surface area contributed by atoms with Gasteiger partial charge in [0.25, 0.3) is 0 Å². The fraction of sp³-hybridized carbons (Fsp3) is 0.500. The van der Waals surface area contributed by atoms with Crippen molar-refractivity contribution in [1.29, 1.82) is 0 Å². The Morgan fingerprint density at radius 2 is 2.04 bits per heavy atom. The number of carbonyl (C=O) groups is 1. The lowest BCUT2D eigenvalue weighted by atomic mass is 9.63. The molecule has 0 spiro atoms. The van der Waals surface area contributed by atoms with Crippen LogP contribution in [0.25, 0.3) is 0 Å². The molecule has 5 nitrogen and oxygen atoms in total. The van der Waals surface area contributed by atoms with Crippen LogP contribution in [0.5, 0.6) is 11.5 Å². The summed E-state index contributed by atoms with van der Waals surface area (Å²) in [5.74, 6) is 1.11. The van der Waals surface area contributed by atoms with E-state index in [0.29, 0.717) is 11.3 Å². The highest BCUT2D eigenvalue weighted by Crippen LogP contribution is 2.52. The summed E-state index contributed by atoms with van der Waals surface area (Å²) in [4.78, 5) is 14.9. The first-order valence-electron chi connectivity index (χ1n) is 8.13. The lowest BCUT2D eigenvalue weighted by Crippen LogP contribution is -2.57. The van der Waals surface area contributed by atoms with Crippen molar-refractivity contribution >= 4 is 5.97 Å². The van der Waals surface area contributed by atoms with Gasteiger partial charge in [0.15, 0.2) is 11.5 Å². The number of carbonyl (C=O) groups excluding carboxylic acids is 1. The fourth-order valence-corrected chi connectivity index (χ4v) is 4.83. The predicted octanol–water partition coefficient (Wildman–Crippen LogP) is 2.25. The van der Waals surface area contributed by atoms with E-state index in [0.717, 1.165) is 30.7 Å². The molecular weight excluding hydrogens is 294 g/mol. The molecule has 0 bridgehead atoms. The standard InChI is InChI=1S/C18H19NO4/c1-18-12-8-14-13(21-9-22-14)7-11(12)17(20)23-15(18)4-3-10-5-6-19(2)16(10)18/h3,7-8,15-16H,4-6,9H2,1-2H3. The first-order valence-corrected chi connectivity index (χ1v) is 8.13. The minimum Gasteiger partial charge on any atom is -0.457 e. The topological polar surface area (TPSA) is 48.0 Å². The molecule has 3 aliphatic heterocycles. The summed E-state index contributed by atoms with van der Waals surface area (Å²) in [6.07, 6.45) is 4.02. The van der Waals surface area contributed by atoms with E-state index in [-0.39, 0.29) is 30.3 Å². The van der Waals surface area contributed by atoms with Crippen LogP contribution in [0.2, 0.25) is 0 Å². The number of hydrogen-bond acceptors (Lipinski definition) is 5. The maximum Gasteiger partial charge on any atom is 0.338 e. The molecule has 120 valence electrons. The second-order valence-electron chi connectivity index (χ2n) is 7.08. The number of likely N-dealkylation sites (tertiary alicyclic amines) is 1. The van der Waals surface area contributed by atoms with Crippen LogP contribution >= 0.6 is 0 Å². The summed E-state index contributed by atoms with van der Waals surface area (Å²) >= 11 is 0. The maximum absolute atomic E-state index is 12.5. The Balaban J connectivity index is 1.75. The van der Waals surface area contributed by atoms with E-state index < -0.39 is 0 Å². The monoisotopic (exact) mass is 313 g/mol. The van der Waals surface area contributed by atoms with E-state index in [2.05, 4.69) is 24.9 Å². The van der Waals surface area contributed by atoms with Crippen molar-refractivity contribution in [2.45, 2.75) is 37.3 Å². The minimum atomic E-state index is -0.252. The molecule has 3 unspecified atom stereocenters.